The van der Waals surface area contributed by atoms with Gasteiger partial charge in [-0.2, -0.15) is 0 Å². The largest absolute Gasteiger partial charge is 0.444 e. The molecule has 0 aliphatic heterocycles. The molecule has 1 aromatic rings. The van der Waals surface area contributed by atoms with Crippen LogP contribution in [0.15, 0.2) is 12.4 Å². The number of carbonyl (C=O) groups is 1. The topological polar surface area (TPSA) is 76.4 Å². The van der Waals surface area contributed by atoms with Crippen LogP contribution in [0.5, 0.6) is 0 Å². The van der Waals surface area contributed by atoms with Crippen molar-refractivity contribution < 1.29 is 14.6 Å². The monoisotopic (exact) mass is 269 g/mol. The molecule has 6 nitrogen and oxygen atoms in total. The Morgan fingerprint density at radius 1 is 1.53 bits per heavy atom. The van der Waals surface area contributed by atoms with Crippen molar-refractivity contribution in [3.8, 4) is 0 Å². The lowest BCUT2D eigenvalue weighted by Gasteiger charge is -2.19. The van der Waals surface area contributed by atoms with Gasteiger partial charge >= 0.3 is 6.09 Å². The number of aliphatic hydroxyl groups excluding tert-OH is 1. The number of aromatic nitrogens is 2. The van der Waals surface area contributed by atoms with Crippen molar-refractivity contribution in [2.45, 2.75) is 45.8 Å². The molecule has 0 saturated heterocycles. The molecule has 0 radical (unpaired) electrons. The number of nitrogens with zero attached hydrogens (tertiary/aromatic N) is 2. The third kappa shape index (κ3) is 6.24. The van der Waals surface area contributed by atoms with Crippen LogP contribution >= 0.6 is 0 Å². The van der Waals surface area contributed by atoms with Gasteiger partial charge in [-0.1, -0.05) is 0 Å². The third-order valence-electron chi connectivity index (χ3n) is 2.38. The van der Waals surface area contributed by atoms with Gasteiger partial charge in [0, 0.05) is 31.9 Å². The zero-order chi connectivity index (χ0) is 14.3. The van der Waals surface area contributed by atoms with Crippen LogP contribution in [0.1, 0.15) is 33.0 Å². The van der Waals surface area contributed by atoms with Gasteiger partial charge in [0.25, 0.3) is 0 Å². The summed E-state index contributed by atoms with van der Waals surface area (Å²) in [5, 5.41) is 11.6. The molecular formula is C13H23N3O3. The molecule has 1 rings (SSSR count). The zero-order valence-corrected chi connectivity index (χ0v) is 11.8. The fourth-order valence-corrected chi connectivity index (χ4v) is 1.63. The number of amides is 1. The molecule has 19 heavy (non-hydrogen) atoms. The number of carbonyl (C=O) groups excluding carboxylic acids is 1. The summed E-state index contributed by atoms with van der Waals surface area (Å²) in [5.74, 6) is 0.861. The maximum absolute atomic E-state index is 11.4. The second-order valence-electron chi connectivity index (χ2n) is 5.29. The van der Waals surface area contributed by atoms with E-state index in [1.807, 2.05) is 31.5 Å². The van der Waals surface area contributed by atoms with E-state index in [1.54, 1.807) is 6.20 Å². The first kappa shape index (κ1) is 15.5. The summed E-state index contributed by atoms with van der Waals surface area (Å²) in [6.45, 7) is 6.89. The average Bonchev–Trinajstić information content (AvgIpc) is 2.70. The van der Waals surface area contributed by atoms with Crippen LogP contribution in [0.3, 0.4) is 0 Å². The Kier molecular flexibility index (Phi) is 5.82. The second kappa shape index (κ2) is 7.13. The molecule has 0 fully saturated rings. The van der Waals surface area contributed by atoms with E-state index in [2.05, 4.69) is 10.3 Å². The van der Waals surface area contributed by atoms with E-state index >= 15 is 0 Å². The molecule has 0 aliphatic rings. The smallest absolute Gasteiger partial charge is 0.407 e. The molecule has 0 spiro atoms. The molecule has 2 N–H and O–H groups in total. The Balaban J connectivity index is 2.23. The second-order valence-corrected chi connectivity index (χ2v) is 5.29. The van der Waals surface area contributed by atoms with Gasteiger partial charge in [-0.3, -0.25) is 0 Å². The normalized spacial score (nSPS) is 11.4. The number of ether oxygens (including phenoxy) is 1. The maximum Gasteiger partial charge on any atom is 0.407 e. The number of nitrogens with one attached hydrogen (secondary N) is 1. The van der Waals surface area contributed by atoms with E-state index in [0.29, 0.717) is 13.0 Å². The minimum absolute atomic E-state index is 0.0904. The fourth-order valence-electron chi connectivity index (χ4n) is 1.63. The molecule has 0 aliphatic carbocycles. The predicted molar refractivity (Wildman–Crippen MR) is 71.9 cm³/mol. The Labute approximate surface area is 113 Å². The molecule has 0 bridgehead atoms. The van der Waals surface area contributed by atoms with Gasteiger partial charge in [-0.25, -0.2) is 9.78 Å². The van der Waals surface area contributed by atoms with E-state index in [9.17, 15) is 4.79 Å². The molecule has 6 heteroatoms. The average molecular weight is 269 g/mol. The Hall–Kier alpha value is -1.56. The summed E-state index contributed by atoms with van der Waals surface area (Å²) in [6, 6.07) is 0. The van der Waals surface area contributed by atoms with E-state index in [1.165, 1.54) is 0 Å². The first-order valence-corrected chi connectivity index (χ1v) is 6.50. The fraction of sp³-hybridized carbons (Fsp3) is 0.692. The Morgan fingerprint density at radius 2 is 2.26 bits per heavy atom. The number of hydrogen-bond acceptors (Lipinski definition) is 4. The lowest BCUT2D eigenvalue weighted by molar-refractivity contribution is 0.0526. The number of aliphatic hydroxyl groups is 1. The van der Waals surface area contributed by atoms with Crippen molar-refractivity contribution in [3.05, 3.63) is 18.2 Å². The van der Waals surface area contributed by atoms with Crippen LogP contribution < -0.4 is 5.32 Å². The van der Waals surface area contributed by atoms with Crippen molar-refractivity contribution in [3.63, 3.8) is 0 Å². The molecular weight excluding hydrogens is 246 g/mol. The predicted octanol–water partition coefficient (Wildman–Crippen LogP) is 1.33. The van der Waals surface area contributed by atoms with Crippen LogP contribution in [0.25, 0.3) is 0 Å². The first-order valence-electron chi connectivity index (χ1n) is 6.50. The molecule has 108 valence electrons. The number of rotatable bonds is 6. The van der Waals surface area contributed by atoms with Crippen LogP contribution in [0.4, 0.5) is 4.79 Å². The Morgan fingerprint density at radius 3 is 2.89 bits per heavy atom. The summed E-state index contributed by atoms with van der Waals surface area (Å²) >= 11 is 0. The van der Waals surface area contributed by atoms with E-state index in [0.717, 1.165) is 18.8 Å². The minimum atomic E-state index is -0.470. The highest BCUT2D eigenvalue weighted by Crippen LogP contribution is 2.06. The zero-order valence-electron chi connectivity index (χ0n) is 11.8. The number of imidazole rings is 1. The summed E-state index contributed by atoms with van der Waals surface area (Å²) in [4.78, 5) is 15.6. The van der Waals surface area contributed by atoms with E-state index in [-0.39, 0.29) is 6.61 Å². The maximum atomic E-state index is 11.4. The molecule has 0 aromatic carbocycles. The molecule has 0 unspecified atom stereocenters. The summed E-state index contributed by atoms with van der Waals surface area (Å²) in [5.41, 5.74) is -0.470. The van der Waals surface area contributed by atoms with Gasteiger partial charge in [0.05, 0.1) is 6.61 Å². The molecule has 1 amide bonds. The standard InChI is InChI=1S/C13H23N3O3/c1-13(2,3)19-12(18)15-6-4-8-16-9-7-14-11(16)5-10-17/h7,9,17H,4-6,8,10H2,1-3H3,(H,15,18). The lowest BCUT2D eigenvalue weighted by Crippen LogP contribution is -2.33. The van der Waals surface area contributed by atoms with Gasteiger partial charge in [0.1, 0.15) is 11.4 Å². The number of aryl methyl sites for hydroxylation is 1. The van der Waals surface area contributed by atoms with Gasteiger partial charge in [0.2, 0.25) is 0 Å². The summed E-state index contributed by atoms with van der Waals surface area (Å²) in [6.07, 6.45) is 4.53. The van der Waals surface area contributed by atoms with Crippen molar-refractivity contribution in [1.29, 1.82) is 0 Å². The van der Waals surface area contributed by atoms with Crippen LogP contribution in [-0.4, -0.2) is 39.5 Å². The van der Waals surface area contributed by atoms with E-state index in [4.69, 9.17) is 9.84 Å². The lowest BCUT2D eigenvalue weighted by atomic mass is 10.2. The molecule has 0 saturated carbocycles. The quantitative estimate of drug-likeness (QED) is 0.764. The summed E-state index contributed by atoms with van der Waals surface area (Å²) < 4.78 is 7.11. The number of hydrogen-bond donors (Lipinski definition) is 2. The highest BCUT2D eigenvalue weighted by atomic mass is 16.6. The SMILES string of the molecule is CC(C)(C)OC(=O)NCCCn1ccnc1CCO. The van der Waals surface area contributed by atoms with Gasteiger partial charge in [-0.15, -0.1) is 0 Å². The molecule has 0 atom stereocenters. The van der Waals surface area contributed by atoms with Gasteiger partial charge in [0.15, 0.2) is 0 Å². The first-order chi connectivity index (χ1) is 8.92. The van der Waals surface area contributed by atoms with Crippen molar-refractivity contribution >= 4 is 6.09 Å². The highest BCUT2D eigenvalue weighted by Gasteiger charge is 2.15. The summed E-state index contributed by atoms with van der Waals surface area (Å²) in [7, 11) is 0. The van der Waals surface area contributed by atoms with Crippen molar-refractivity contribution in [2.75, 3.05) is 13.2 Å². The molecule has 1 aromatic heterocycles. The van der Waals surface area contributed by atoms with Gasteiger partial charge in [-0.05, 0) is 27.2 Å². The van der Waals surface area contributed by atoms with Crippen LogP contribution in [-0.2, 0) is 17.7 Å². The van der Waals surface area contributed by atoms with Crippen LogP contribution in [0, 0.1) is 0 Å². The van der Waals surface area contributed by atoms with Crippen LogP contribution in [0.2, 0.25) is 0 Å². The van der Waals surface area contributed by atoms with Crippen molar-refractivity contribution in [1.82, 2.24) is 14.9 Å². The Bertz CT molecular complexity index is 396. The molecule has 1 heterocycles. The van der Waals surface area contributed by atoms with Gasteiger partial charge < -0.3 is 19.7 Å². The highest BCUT2D eigenvalue weighted by molar-refractivity contribution is 5.67. The third-order valence-corrected chi connectivity index (χ3v) is 2.38. The minimum Gasteiger partial charge on any atom is -0.444 e. The number of alkyl carbamates (subject to hydrolysis) is 1. The van der Waals surface area contributed by atoms with Crippen molar-refractivity contribution in [2.24, 2.45) is 0 Å². The van der Waals surface area contributed by atoms with E-state index < -0.39 is 11.7 Å².